The number of nitrogens with zero attached hydrogens (tertiary/aromatic N) is 1. The van der Waals surface area contributed by atoms with Crippen molar-refractivity contribution in [2.45, 2.75) is 17.9 Å². The van der Waals surface area contributed by atoms with Crippen LogP contribution in [0.4, 0.5) is 0 Å². The standard InChI is InChI=1S/C17H22ClN3O3S2.HI/c1-2-19-17(21-12-14(22)15-8-9-16(18)25-15)20-10-11-26(23,24)13-6-4-3-5-7-13;/h3-9,14,22H,2,10-12H2,1H3,(H2,19,20,21);1H. The van der Waals surface area contributed by atoms with Crippen molar-refractivity contribution < 1.29 is 13.5 Å². The Morgan fingerprint density at radius 2 is 1.93 bits per heavy atom. The highest BCUT2D eigenvalue weighted by atomic mass is 127. The predicted molar refractivity (Wildman–Crippen MR) is 122 cm³/mol. The Balaban J connectivity index is 0.00000364. The van der Waals surface area contributed by atoms with E-state index in [2.05, 4.69) is 15.6 Å². The summed E-state index contributed by atoms with van der Waals surface area (Å²) in [6.45, 7) is 2.90. The molecule has 0 saturated carbocycles. The number of hydrogen-bond donors (Lipinski definition) is 3. The van der Waals surface area contributed by atoms with Gasteiger partial charge in [-0.3, -0.25) is 4.99 Å². The number of aliphatic hydroxyl groups excluding tert-OH is 1. The van der Waals surface area contributed by atoms with Crippen LogP contribution in [0.2, 0.25) is 4.34 Å². The van der Waals surface area contributed by atoms with E-state index >= 15 is 0 Å². The lowest BCUT2D eigenvalue weighted by atomic mass is 10.3. The smallest absolute Gasteiger partial charge is 0.191 e. The highest BCUT2D eigenvalue weighted by molar-refractivity contribution is 14.0. The molecule has 0 saturated heterocycles. The van der Waals surface area contributed by atoms with Crippen LogP contribution in [0.25, 0.3) is 0 Å². The first-order chi connectivity index (χ1) is 12.4. The van der Waals surface area contributed by atoms with Gasteiger partial charge in [-0.25, -0.2) is 8.42 Å². The first-order valence-corrected chi connectivity index (χ1v) is 11.0. The SMILES string of the molecule is CCNC(=NCC(O)c1ccc(Cl)s1)NCCS(=O)(=O)c1ccccc1.I. The number of sulfone groups is 1. The third-order valence-electron chi connectivity index (χ3n) is 3.45. The predicted octanol–water partition coefficient (Wildman–Crippen LogP) is 3.08. The first kappa shape index (κ1) is 24.2. The monoisotopic (exact) mass is 543 g/mol. The van der Waals surface area contributed by atoms with Crippen molar-refractivity contribution >= 4 is 62.7 Å². The van der Waals surface area contributed by atoms with Crippen LogP contribution in [0.1, 0.15) is 17.9 Å². The molecule has 2 aromatic rings. The van der Waals surface area contributed by atoms with E-state index in [0.29, 0.717) is 21.7 Å². The topological polar surface area (TPSA) is 90.8 Å². The van der Waals surface area contributed by atoms with Crippen LogP contribution >= 0.6 is 46.9 Å². The van der Waals surface area contributed by atoms with Gasteiger partial charge in [-0.15, -0.1) is 35.3 Å². The third kappa shape index (κ3) is 7.94. The van der Waals surface area contributed by atoms with Crippen molar-refractivity contribution in [1.29, 1.82) is 0 Å². The molecule has 150 valence electrons. The first-order valence-electron chi connectivity index (χ1n) is 8.15. The Morgan fingerprint density at radius 1 is 1.22 bits per heavy atom. The molecule has 0 aliphatic rings. The molecule has 0 amide bonds. The fourth-order valence-electron chi connectivity index (χ4n) is 2.17. The third-order valence-corrected chi connectivity index (χ3v) is 6.52. The van der Waals surface area contributed by atoms with E-state index in [-0.39, 0.29) is 42.8 Å². The molecule has 27 heavy (non-hydrogen) atoms. The van der Waals surface area contributed by atoms with Gasteiger partial charge < -0.3 is 15.7 Å². The maximum atomic E-state index is 12.3. The van der Waals surface area contributed by atoms with E-state index < -0.39 is 15.9 Å². The summed E-state index contributed by atoms with van der Waals surface area (Å²) >= 11 is 7.17. The summed E-state index contributed by atoms with van der Waals surface area (Å²) in [6.07, 6.45) is -0.754. The molecule has 3 N–H and O–H groups in total. The van der Waals surface area contributed by atoms with Crippen LogP contribution in [0.15, 0.2) is 52.4 Å². The summed E-state index contributed by atoms with van der Waals surface area (Å²) in [4.78, 5) is 5.34. The molecule has 1 aromatic carbocycles. The van der Waals surface area contributed by atoms with Gasteiger partial charge in [0.25, 0.3) is 0 Å². The lowest BCUT2D eigenvalue weighted by molar-refractivity contribution is 0.191. The fraction of sp³-hybridized carbons (Fsp3) is 0.353. The van der Waals surface area contributed by atoms with Gasteiger partial charge in [-0.05, 0) is 31.2 Å². The molecule has 10 heteroatoms. The summed E-state index contributed by atoms with van der Waals surface area (Å²) in [5.74, 6) is 0.405. The average Bonchev–Trinajstić information content (AvgIpc) is 3.06. The second-order valence-corrected chi connectivity index (χ2v) is 9.29. The van der Waals surface area contributed by atoms with Gasteiger partial charge in [0.15, 0.2) is 15.8 Å². The number of halogens is 2. The minimum atomic E-state index is -3.35. The molecule has 0 aliphatic heterocycles. The zero-order chi connectivity index (χ0) is 19.0. The molecule has 1 atom stereocenters. The van der Waals surface area contributed by atoms with Crippen molar-refractivity contribution in [2.75, 3.05) is 25.4 Å². The number of rotatable bonds is 8. The van der Waals surface area contributed by atoms with Gasteiger partial charge in [-0.2, -0.15) is 0 Å². The summed E-state index contributed by atoms with van der Waals surface area (Å²) in [7, 11) is -3.35. The maximum absolute atomic E-state index is 12.3. The largest absolute Gasteiger partial charge is 0.386 e. The van der Waals surface area contributed by atoms with E-state index in [0.717, 1.165) is 4.88 Å². The van der Waals surface area contributed by atoms with Crippen LogP contribution < -0.4 is 10.6 Å². The number of hydrogen-bond acceptors (Lipinski definition) is 5. The lowest BCUT2D eigenvalue weighted by Crippen LogP contribution is -2.39. The second-order valence-electron chi connectivity index (χ2n) is 5.44. The molecule has 0 bridgehead atoms. The second kappa shape index (κ2) is 11.8. The fourth-order valence-corrected chi connectivity index (χ4v) is 4.38. The van der Waals surface area contributed by atoms with Crippen molar-refractivity contribution in [3.63, 3.8) is 0 Å². The molecule has 0 aliphatic carbocycles. The molecule has 1 unspecified atom stereocenters. The Bertz CT molecular complexity index is 829. The molecule has 0 fully saturated rings. The van der Waals surface area contributed by atoms with Crippen LogP contribution in [0.3, 0.4) is 0 Å². The lowest BCUT2D eigenvalue weighted by Gasteiger charge is -2.13. The van der Waals surface area contributed by atoms with Gasteiger partial charge in [0, 0.05) is 18.0 Å². The van der Waals surface area contributed by atoms with Crippen LogP contribution in [0, 0.1) is 0 Å². The van der Waals surface area contributed by atoms with Gasteiger partial charge >= 0.3 is 0 Å². The highest BCUT2D eigenvalue weighted by Crippen LogP contribution is 2.26. The van der Waals surface area contributed by atoms with Gasteiger partial charge in [0.2, 0.25) is 0 Å². The molecular weight excluding hydrogens is 521 g/mol. The minimum Gasteiger partial charge on any atom is -0.386 e. The zero-order valence-electron chi connectivity index (χ0n) is 14.8. The van der Waals surface area contributed by atoms with Gasteiger partial charge in [-0.1, -0.05) is 29.8 Å². The van der Waals surface area contributed by atoms with E-state index in [9.17, 15) is 13.5 Å². The molecule has 1 aromatic heterocycles. The number of aliphatic imine (C=N–C) groups is 1. The number of thiophene rings is 1. The van der Waals surface area contributed by atoms with E-state index in [1.54, 1.807) is 42.5 Å². The van der Waals surface area contributed by atoms with Crippen LogP contribution in [-0.4, -0.2) is 44.9 Å². The van der Waals surface area contributed by atoms with Crippen molar-refractivity contribution in [1.82, 2.24) is 10.6 Å². The van der Waals surface area contributed by atoms with Crippen LogP contribution in [-0.2, 0) is 9.84 Å². The van der Waals surface area contributed by atoms with Crippen LogP contribution in [0.5, 0.6) is 0 Å². The van der Waals surface area contributed by atoms with Crippen molar-refractivity contribution in [2.24, 2.45) is 4.99 Å². The average molecular weight is 544 g/mol. The molecule has 1 heterocycles. The zero-order valence-corrected chi connectivity index (χ0v) is 19.5. The molecular formula is C17H23ClIN3O3S2. The minimum absolute atomic E-state index is 0. The van der Waals surface area contributed by atoms with E-state index in [4.69, 9.17) is 11.6 Å². The Labute approximate surface area is 186 Å². The molecule has 2 rings (SSSR count). The normalized spacial score (nSPS) is 12.9. The summed E-state index contributed by atoms with van der Waals surface area (Å²) in [5.41, 5.74) is 0. The summed E-state index contributed by atoms with van der Waals surface area (Å²) in [5, 5.41) is 16.2. The van der Waals surface area contributed by atoms with Gasteiger partial charge in [0.05, 0.1) is 21.5 Å². The van der Waals surface area contributed by atoms with Crippen molar-refractivity contribution in [3.8, 4) is 0 Å². The number of guanidine groups is 1. The number of aliphatic hydroxyl groups is 1. The van der Waals surface area contributed by atoms with Crippen molar-refractivity contribution in [3.05, 3.63) is 51.7 Å². The maximum Gasteiger partial charge on any atom is 0.191 e. The van der Waals surface area contributed by atoms with E-state index in [1.807, 2.05) is 6.92 Å². The summed E-state index contributed by atoms with van der Waals surface area (Å²) < 4.78 is 25.2. The molecule has 0 spiro atoms. The Kier molecular flexibility index (Phi) is 10.6. The Morgan fingerprint density at radius 3 is 2.52 bits per heavy atom. The number of benzene rings is 1. The molecule has 0 radical (unpaired) electrons. The highest BCUT2D eigenvalue weighted by Gasteiger charge is 2.14. The van der Waals surface area contributed by atoms with E-state index in [1.165, 1.54) is 11.3 Å². The quantitative estimate of drug-likeness (QED) is 0.270. The Hall–Kier alpha value is -0.880. The summed E-state index contributed by atoms with van der Waals surface area (Å²) in [6, 6.07) is 11.8. The van der Waals surface area contributed by atoms with Gasteiger partial charge in [0.1, 0.15) is 6.10 Å². The number of nitrogens with one attached hydrogen (secondary N) is 2. The molecule has 6 nitrogen and oxygen atoms in total.